The number of hydrogen-bond donors (Lipinski definition) is 1. The number of aryl methyl sites for hydroxylation is 2. The predicted octanol–water partition coefficient (Wildman–Crippen LogP) is 4.73. The summed E-state index contributed by atoms with van der Waals surface area (Å²) in [4.78, 5) is 38.1. The van der Waals surface area contributed by atoms with Crippen LogP contribution in [0.15, 0.2) is 48.5 Å². The minimum absolute atomic E-state index is 0.214. The van der Waals surface area contributed by atoms with Gasteiger partial charge in [0, 0.05) is 4.88 Å². The van der Waals surface area contributed by atoms with Crippen molar-refractivity contribution >= 4 is 34.2 Å². The molecule has 1 aliphatic rings. The lowest BCUT2D eigenvalue weighted by Gasteiger charge is -2.12. The number of carbonyl (C=O) groups is 3. The van der Waals surface area contributed by atoms with Crippen LogP contribution in [0.3, 0.4) is 0 Å². The van der Waals surface area contributed by atoms with E-state index in [1.54, 1.807) is 0 Å². The van der Waals surface area contributed by atoms with Gasteiger partial charge in [-0.2, -0.15) is 0 Å². The fourth-order valence-electron chi connectivity index (χ4n) is 4.04. The minimum Gasteiger partial charge on any atom is -0.484 e. The Kier molecular flexibility index (Phi) is 6.98. The smallest absolute Gasteiger partial charge is 0.341 e. The van der Waals surface area contributed by atoms with Crippen molar-refractivity contribution in [3.8, 4) is 16.9 Å². The molecule has 1 amide bonds. The highest BCUT2D eigenvalue weighted by atomic mass is 32.1. The van der Waals surface area contributed by atoms with E-state index in [-0.39, 0.29) is 12.2 Å². The van der Waals surface area contributed by atoms with E-state index < -0.39 is 23.8 Å². The number of carbonyl (C=O) groups excluding carboxylic acids is 3. The Morgan fingerprint density at radius 2 is 1.62 bits per heavy atom. The lowest BCUT2D eigenvalue weighted by atomic mass is 9.99. The molecule has 1 aromatic heterocycles. The van der Waals surface area contributed by atoms with Crippen molar-refractivity contribution in [3.63, 3.8) is 0 Å². The summed E-state index contributed by atoms with van der Waals surface area (Å²) in [7, 11) is 2.58. The summed E-state index contributed by atoms with van der Waals surface area (Å²) >= 11 is 1.28. The lowest BCUT2D eigenvalue weighted by molar-refractivity contribution is -0.142. The van der Waals surface area contributed by atoms with Crippen LogP contribution in [0, 0.1) is 6.92 Å². The second kappa shape index (κ2) is 10.1. The zero-order chi connectivity index (χ0) is 24.2. The van der Waals surface area contributed by atoms with Gasteiger partial charge in [0.15, 0.2) is 6.61 Å². The van der Waals surface area contributed by atoms with E-state index in [4.69, 9.17) is 14.2 Å². The zero-order valence-corrected chi connectivity index (χ0v) is 20.0. The van der Waals surface area contributed by atoms with Crippen molar-refractivity contribution in [2.75, 3.05) is 26.1 Å². The second-order valence-electron chi connectivity index (χ2n) is 7.98. The minimum atomic E-state index is -0.601. The molecule has 4 rings (SSSR count). The first-order chi connectivity index (χ1) is 16.4. The molecule has 3 aromatic rings. The molecule has 0 radical (unpaired) electrons. The number of amides is 1. The number of esters is 2. The third-order valence-corrected chi connectivity index (χ3v) is 6.95. The summed E-state index contributed by atoms with van der Waals surface area (Å²) in [6.07, 6.45) is 1.19. The summed E-state index contributed by atoms with van der Waals surface area (Å²) in [6.45, 7) is 1.81. The molecular formula is C26H25NO6S. The van der Waals surface area contributed by atoms with E-state index in [1.807, 2.05) is 31.2 Å². The molecule has 7 nitrogen and oxygen atoms in total. The third-order valence-electron chi connectivity index (χ3n) is 5.77. The van der Waals surface area contributed by atoms with E-state index in [0.717, 1.165) is 16.0 Å². The first-order valence-corrected chi connectivity index (χ1v) is 11.6. The number of anilines is 1. The summed E-state index contributed by atoms with van der Waals surface area (Å²) in [6, 6.07) is 15.7. The molecule has 1 aliphatic carbocycles. The molecule has 0 saturated carbocycles. The van der Waals surface area contributed by atoms with E-state index in [2.05, 4.69) is 29.6 Å². The fraction of sp³-hybridized carbons (Fsp3) is 0.269. The number of nitrogens with one attached hydrogen (secondary N) is 1. The molecule has 0 spiro atoms. The van der Waals surface area contributed by atoms with E-state index in [0.29, 0.717) is 29.2 Å². The molecule has 1 atom stereocenters. The Hall–Kier alpha value is -3.65. The van der Waals surface area contributed by atoms with Gasteiger partial charge in [-0.1, -0.05) is 42.0 Å². The summed E-state index contributed by atoms with van der Waals surface area (Å²) in [5.74, 6) is -1.41. The standard InChI is InChI=1S/C26H25NO6S/c1-15-4-6-16(7-5-15)17-8-10-18(11-9-17)33-14-21(28)27-24-23(26(30)32-3)22-19(25(29)31-2)12-13-20(22)34-24/h4-11,19H,12-14H2,1-3H3,(H,27,28). The molecule has 0 saturated heterocycles. The van der Waals surface area contributed by atoms with E-state index in [9.17, 15) is 14.4 Å². The highest BCUT2D eigenvalue weighted by molar-refractivity contribution is 7.17. The molecule has 1 unspecified atom stereocenters. The van der Waals surface area contributed by atoms with Gasteiger partial charge in [-0.15, -0.1) is 11.3 Å². The highest BCUT2D eigenvalue weighted by Crippen LogP contribution is 2.45. The maximum atomic E-state index is 12.6. The normalized spacial score (nSPS) is 14.3. The van der Waals surface area contributed by atoms with Gasteiger partial charge < -0.3 is 19.5 Å². The molecule has 0 bridgehead atoms. The maximum Gasteiger partial charge on any atom is 0.341 e. The maximum absolute atomic E-state index is 12.6. The number of methoxy groups -OCH3 is 2. The summed E-state index contributed by atoms with van der Waals surface area (Å²) in [5.41, 5.74) is 4.15. The van der Waals surface area contributed by atoms with Crippen molar-refractivity contribution in [1.29, 1.82) is 0 Å². The first-order valence-electron chi connectivity index (χ1n) is 10.8. The van der Waals surface area contributed by atoms with Gasteiger partial charge in [0.05, 0.1) is 25.7 Å². The Morgan fingerprint density at radius 3 is 2.24 bits per heavy atom. The van der Waals surface area contributed by atoms with Gasteiger partial charge in [0.1, 0.15) is 10.8 Å². The van der Waals surface area contributed by atoms with Crippen LogP contribution in [0.1, 0.15) is 38.7 Å². The first kappa shape index (κ1) is 23.5. The number of ether oxygens (including phenoxy) is 3. The van der Waals surface area contributed by atoms with Crippen molar-refractivity contribution in [3.05, 3.63) is 70.1 Å². The average molecular weight is 480 g/mol. The highest BCUT2D eigenvalue weighted by Gasteiger charge is 2.38. The van der Waals surface area contributed by atoms with Gasteiger partial charge in [-0.25, -0.2) is 4.79 Å². The number of fused-ring (bicyclic) bond motifs is 1. The zero-order valence-electron chi connectivity index (χ0n) is 19.2. The number of rotatable bonds is 7. The molecule has 2 aromatic carbocycles. The van der Waals surface area contributed by atoms with Crippen LogP contribution >= 0.6 is 11.3 Å². The summed E-state index contributed by atoms with van der Waals surface area (Å²) < 4.78 is 15.4. The van der Waals surface area contributed by atoms with Gasteiger partial charge in [0.25, 0.3) is 5.91 Å². The van der Waals surface area contributed by atoms with Gasteiger partial charge in [0.2, 0.25) is 0 Å². The van der Waals surface area contributed by atoms with Crippen molar-refractivity contribution < 1.29 is 28.6 Å². The van der Waals surface area contributed by atoms with Crippen LogP contribution < -0.4 is 10.1 Å². The van der Waals surface area contributed by atoms with Gasteiger partial charge in [-0.3, -0.25) is 9.59 Å². The van der Waals surface area contributed by atoms with Crippen molar-refractivity contribution in [1.82, 2.24) is 0 Å². The molecule has 34 heavy (non-hydrogen) atoms. The van der Waals surface area contributed by atoms with Crippen LogP contribution in [0.25, 0.3) is 11.1 Å². The monoisotopic (exact) mass is 479 g/mol. The molecule has 0 fully saturated rings. The molecule has 1 heterocycles. The quantitative estimate of drug-likeness (QED) is 0.493. The van der Waals surface area contributed by atoms with Gasteiger partial charge in [-0.05, 0) is 48.6 Å². The Morgan fingerprint density at radius 1 is 0.971 bits per heavy atom. The lowest BCUT2D eigenvalue weighted by Crippen LogP contribution is -2.22. The van der Waals surface area contributed by atoms with Crippen LogP contribution in [-0.4, -0.2) is 38.7 Å². The fourth-order valence-corrected chi connectivity index (χ4v) is 5.32. The molecule has 0 aliphatic heterocycles. The number of thiophene rings is 1. The van der Waals surface area contributed by atoms with Crippen LogP contribution in [0.2, 0.25) is 0 Å². The van der Waals surface area contributed by atoms with Crippen molar-refractivity contribution in [2.24, 2.45) is 0 Å². The third kappa shape index (κ3) is 4.82. The largest absolute Gasteiger partial charge is 0.484 e. The van der Waals surface area contributed by atoms with E-state index >= 15 is 0 Å². The average Bonchev–Trinajstić information content (AvgIpc) is 3.41. The molecule has 176 valence electrons. The SMILES string of the molecule is COC(=O)c1c(NC(=O)COc2ccc(-c3ccc(C)cc3)cc2)sc2c1C(C(=O)OC)CC2. The van der Waals surface area contributed by atoms with E-state index in [1.165, 1.54) is 31.1 Å². The Bertz CT molecular complexity index is 1210. The number of benzene rings is 2. The predicted molar refractivity (Wildman–Crippen MR) is 129 cm³/mol. The topological polar surface area (TPSA) is 90.9 Å². The van der Waals surface area contributed by atoms with Crippen LogP contribution in [0.4, 0.5) is 5.00 Å². The van der Waals surface area contributed by atoms with Gasteiger partial charge >= 0.3 is 11.9 Å². The summed E-state index contributed by atoms with van der Waals surface area (Å²) in [5, 5.41) is 3.10. The Labute approximate surface area is 201 Å². The van der Waals surface area contributed by atoms with Crippen LogP contribution in [0.5, 0.6) is 5.75 Å². The molecule has 8 heteroatoms. The molecular weight excluding hydrogens is 454 g/mol. The van der Waals surface area contributed by atoms with Crippen molar-refractivity contribution in [2.45, 2.75) is 25.7 Å². The Balaban J connectivity index is 1.44. The molecule has 1 N–H and O–H groups in total. The van der Waals surface area contributed by atoms with Crippen LogP contribution in [-0.2, 0) is 25.5 Å². The second-order valence-corrected chi connectivity index (χ2v) is 9.08. The number of hydrogen-bond acceptors (Lipinski definition) is 7.